The fourth-order valence-electron chi connectivity index (χ4n) is 1.31. The van der Waals surface area contributed by atoms with E-state index in [2.05, 4.69) is 5.32 Å². The van der Waals surface area contributed by atoms with Crippen LogP contribution in [-0.2, 0) is 0 Å². The van der Waals surface area contributed by atoms with Crippen LogP contribution >= 0.6 is 0 Å². The van der Waals surface area contributed by atoms with Crippen molar-refractivity contribution < 1.29 is 13.2 Å². The largest absolute Gasteiger partial charge is 0.302 e. The average molecular weight is 217 g/mol. The third-order valence-electron chi connectivity index (χ3n) is 2.26. The highest BCUT2D eigenvalue weighted by atomic mass is 19.3. The number of hydrogen-bond donors (Lipinski definition) is 1. The Kier molecular flexibility index (Phi) is 4.15. The molecule has 0 saturated carbocycles. The van der Waals surface area contributed by atoms with Crippen LogP contribution in [0.4, 0.5) is 13.2 Å². The van der Waals surface area contributed by atoms with Crippen LogP contribution in [0, 0.1) is 5.82 Å². The smallest absolute Gasteiger partial charge is 0.253 e. The topological polar surface area (TPSA) is 12.0 Å². The monoisotopic (exact) mass is 217 g/mol. The summed E-state index contributed by atoms with van der Waals surface area (Å²) in [5, 5.41) is 2.74. The molecule has 15 heavy (non-hydrogen) atoms. The minimum atomic E-state index is -2.40. The van der Waals surface area contributed by atoms with Crippen LogP contribution in [0.3, 0.4) is 0 Å². The van der Waals surface area contributed by atoms with Crippen LogP contribution in [0.1, 0.15) is 25.5 Å². The molecule has 84 valence electrons. The van der Waals surface area contributed by atoms with Crippen molar-refractivity contribution >= 4 is 0 Å². The molecule has 0 radical (unpaired) electrons. The predicted molar refractivity (Wildman–Crippen MR) is 53.4 cm³/mol. The van der Waals surface area contributed by atoms with Crippen LogP contribution in [0.15, 0.2) is 24.3 Å². The lowest BCUT2D eigenvalue weighted by Crippen LogP contribution is -2.34. The molecule has 1 nitrogen and oxygen atoms in total. The molecule has 0 spiro atoms. The molecule has 1 rings (SSSR count). The lowest BCUT2D eigenvalue weighted by atomic mass is 10.1. The number of benzene rings is 1. The van der Waals surface area contributed by atoms with Gasteiger partial charge in [0.2, 0.25) is 0 Å². The first-order chi connectivity index (χ1) is 7.00. The van der Waals surface area contributed by atoms with Gasteiger partial charge in [0.1, 0.15) is 5.82 Å². The van der Waals surface area contributed by atoms with Crippen molar-refractivity contribution in [2.24, 2.45) is 0 Å². The molecule has 0 bridgehead atoms. The number of alkyl halides is 2. The standard InChI is InChI=1S/C11H14F3N/c1-7(15-8(2)11(13)14)9-3-5-10(12)6-4-9/h3-8,11,15H,1-2H3/t7-,8?/m1/s1. The Morgan fingerprint density at radius 3 is 2.07 bits per heavy atom. The van der Waals surface area contributed by atoms with E-state index in [0.29, 0.717) is 0 Å². The maximum atomic E-state index is 12.6. The second-order valence-electron chi connectivity index (χ2n) is 3.56. The van der Waals surface area contributed by atoms with E-state index < -0.39 is 12.5 Å². The van der Waals surface area contributed by atoms with Crippen LogP contribution in [0.2, 0.25) is 0 Å². The molecule has 0 amide bonds. The summed E-state index contributed by atoms with van der Waals surface area (Å²) in [4.78, 5) is 0. The van der Waals surface area contributed by atoms with Crippen LogP contribution in [-0.4, -0.2) is 12.5 Å². The molecule has 1 aromatic rings. The van der Waals surface area contributed by atoms with E-state index in [9.17, 15) is 13.2 Å². The summed E-state index contributed by atoms with van der Waals surface area (Å²) in [7, 11) is 0. The third kappa shape index (κ3) is 3.55. The molecule has 0 aliphatic carbocycles. The van der Waals surface area contributed by atoms with Gasteiger partial charge in [-0.3, -0.25) is 0 Å². The number of rotatable bonds is 4. The summed E-state index contributed by atoms with van der Waals surface area (Å²) >= 11 is 0. The van der Waals surface area contributed by atoms with E-state index in [1.807, 2.05) is 0 Å². The number of nitrogens with one attached hydrogen (secondary N) is 1. The molecule has 0 saturated heterocycles. The summed E-state index contributed by atoms with van der Waals surface area (Å²) < 4.78 is 37.1. The Balaban J connectivity index is 2.61. The van der Waals surface area contributed by atoms with E-state index in [4.69, 9.17) is 0 Å². The normalized spacial score (nSPS) is 15.3. The van der Waals surface area contributed by atoms with Gasteiger partial charge in [0.25, 0.3) is 6.43 Å². The Hall–Kier alpha value is -1.03. The van der Waals surface area contributed by atoms with Gasteiger partial charge in [-0.2, -0.15) is 0 Å². The highest BCUT2D eigenvalue weighted by Gasteiger charge is 2.17. The molecule has 1 aromatic carbocycles. The van der Waals surface area contributed by atoms with Crippen molar-refractivity contribution in [1.82, 2.24) is 5.32 Å². The lowest BCUT2D eigenvalue weighted by molar-refractivity contribution is 0.101. The molecule has 0 aliphatic rings. The summed E-state index contributed by atoms with van der Waals surface area (Å²) in [6.07, 6.45) is -2.40. The highest BCUT2D eigenvalue weighted by Crippen LogP contribution is 2.14. The van der Waals surface area contributed by atoms with Crippen LogP contribution in [0.25, 0.3) is 0 Å². The number of hydrogen-bond acceptors (Lipinski definition) is 1. The fourth-order valence-corrected chi connectivity index (χ4v) is 1.31. The van der Waals surface area contributed by atoms with E-state index in [1.54, 1.807) is 19.1 Å². The second-order valence-corrected chi connectivity index (χ2v) is 3.56. The number of halogens is 3. The zero-order valence-electron chi connectivity index (χ0n) is 8.68. The van der Waals surface area contributed by atoms with Crippen molar-refractivity contribution in [1.29, 1.82) is 0 Å². The summed E-state index contributed by atoms with van der Waals surface area (Å²) in [5.41, 5.74) is 0.795. The third-order valence-corrected chi connectivity index (χ3v) is 2.26. The van der Waals surface area contributed by atoms with Gasteiger partial charge in [-0.15, -0.1) is 0 Å². The Bertz CT molecular complexity index is 297. The maximum absolute atomic E-state index is 12.6. The highest BCUT2D eigenvalue weighted by molar-refractivity contribution is 5.19. The minimum Gasteiger partial charge on any atom is -0.302 e. The zero-order valence-corrected chi connectivity index (χ0v) is 8.68. The second kappa shape index (κ2) is 5.16. The van der Waals surface area contributed by atoms with Crippen molar-refractivity contribution in [3.05, 3.63) is 35.6 Å². The average Bonchev–Trinajstić information content (AvgIpc) is 2.18. The first-order valence-electron chi connectivity index (χ1n) is 4.80. The molecule has 4 heteroatoms. The molecule has 0 aromatic heterocycles. The van der Waals surface area contributed by atoms with Crippen molar-refractivity contribution in [3.63, 3.8) is 0 Å². The molecule has 0 aliphatic heterocycles. The summed E-state index contributed by atoms with van der Waals surface area (Å²) in [6, 6.07) is 4.73. The van der Waals surface area contributed by atoms with Gasteiger partial charge in [-0.1, -0.05) is 12.1 Å². The predicted octanol–water partition coefficient (Wildman–Crippen LogP) is 3.13. The quantitative estimate of drug-likeness (QED) is 0.817. The molecule has 0 heterocycles. The zero-order chi connectivity index (χ0) is 11.4. The van der Waals surface area contributed by atoms with E-state index in [-0.39, 0.29) is 11.9 Å². The fraction of sp³-hybridized carbons (Fsp3) is 0.455. The Morgan fingerprint density at radius 2 is 1.60 bits per heavy atom. The maximum Gasteiger partial charge on any atom is 0.253 e. The van der Waals surface area contributed by atoms with Crippen molar-refractivity contribution in [2.45, 2.75) is 32.4 Å². The Labute approximate surface area is 87.3 Å². The first kappa shape index (κ1) is 12.0. The summed E-state index contributed by atoms with van der Waals surface area (Å²) in [6.45, 7) is 3.19. The van der Waals surface area contributed by atoms with Gasteiger partial charge >= 0.3 is 0 Å². The van der Waals surface area contributed by atoms with Gasteiger partial charge in [-0.05, 0) is 31.5 Å². The molecule has 0 fully saturated rings. The van der Waals surface area contributed by atoms with E-state index >= 15 is 0 Å². The van der Waals surface area contributed by atoms with Gasteiger partial charge in [0, 0.05) is 6.04 Å². The summed E-state index contributed by atoms with van der Waals surface area (Å²) in [5.74, 6) is -0.326. The van der Waals surface area contributed by atoms with Crippen molar-refractivity contribution in [2.75, 3.05) is 0 Å². The van der Waals surface area contributed by atoms with Gasteiger partial charge in [0.05, 0.1) is 6.04 Å². The van der Waals surface area contributed by atoms with Crippen LogP contribution < -0.4 is 5.32 Å². The Morgan fingerprint density at radius 1 is 1.07 bits per heavy atom. The van der Waals surface area contributed by atoms with Crippen molar-refractivity contribution in [3.8, 4) is 0 Å². The molecule has 1 N–H and O–H groups in total. The van der Waals surface area contributed by atoms with Gasteiger partial charge < -0.3 is 5.32 Å². The molecule has 1 unspecified atom stereocenters. The van der Waals surface area contributed by atoms with Gasteiger partial charge in [0.15, 0.2) is 0 Å². The first-order valence-corrected chi connectivity index (χ1v) is 4.80. The SMILES string of the molecule is CC(N[C@H](C)c1ccc(F)cc1)C(F)F. The van der Waals surface area contributed by atoms with E-state index in [1.165, 1.54) is 19.1 Å². The molecular weight excluding hydrogens is 203 g/mol. The van der Waals surface area contributed by atoms with E-state index in [0.717, 1.165) is 5.56 Å². The molecular formula is C11H14F3N. The van der Waals surface area contributed by atoms with Gasteiger partial charge in [-0.25, -0.2) is 13.2 Å². The molecule has 2 atom stereocenters. The lowest BCUT2D eigenvalue weighted by Gasteiger charge is -2.19. The van der Waals surface area contributed by atoms with Crippen LogP contribution in [0.5, 0.6) is 0 Å². The minimum absolute atomic E-state index is 0.213.